The molecule has 2 aliphatic heterocycles. The molecule has 26 heavy (non-hydrogen) atoms. The van der Waals surface area contributed by atoms with Crippen LogP contribution in [-0.4, -0.2) is 79.3 Å². The third-order valence-corrected chi connectivity index (χ3v) is 5.14. The maximum absolute atomic E-state index is 5.48. The Balaban J connectivity index is 0.00000243. The van der Waals surface area contributed by atoms with E-state index in [1.165, 1.54) is 17.5 Å². The summed E-state index contributed by atoms with van der Waals surface area (Å²) in [6.07, 6.45) is 5.97. The van der Waals surface area contributed by atoms with Crippen molar-refractivity contribution in [3.8, 4) is 0 Å². The monoisotopic (exact) mass is 473 g/mol. The van der Waals surface area contributed by atoms with E-state index >= 15 is 0 Å². The van der Waals surface area contributed by atoms with Crippen LogP contribution in [0.15, 0.2) is 23.5 Å². The molecule has 3 heterocycles. The number of likely N-dealkylation sites (tertiary alicyclic amines) is 1. The summed E-state index contributed by atoms with van der Waals surface area (Å²) in [5, 5.41) is 3.47. The van der Waals surface area contributed by atoms with Crippen LogP contribution in [0.5, 0.6) is 0 Å². The Kier molecular flexibility index (Phi) is 9.07. The SMILES string of the molecule is CCNC(=NCCc1ccncc1C)N1CCC(N2CCOCC2)C1.I. The molecule has 7 heteroatoms. The number of pyridine rings is 1. The number of nitrogens with one attached hydrogen (secondary N) is 1. The molecule has 0 aromatic carbocycles. The van der Waals surface area contributed by atoms with Gasteiger partial charge in [-0.1, -0.05) is 0 Å². The van der Waals surface area contributed by atoms with Crippen molar-refractivity contribution < 1.29 is 4.74 Å². The molecule has 3 rings (SSSR count). The summed E-state index contributed by atoms with van der Waals surface area (Å²) in [7, 11) is 0. The molecule has 0 saturated carbocycles. The number of morpholine rings is 1. The van der Waals surface area contributed by atoms with Crippen LogP contribution < -0.4 is 5.32 Å². The molecule has 0 bridgehead atoms. The molecule has 1 unspecified atom stereocenters. The summed E-state index contributed by atoms with van der Waals surface area (Å²) in [6, 6.07) is 2.73. The van der Waals surface area contributed by atoms with Gasteiger partial charge in [-0.2, -0.15) is 0 Å². The topological polar surface area (TPSA) is 53.0 Å². The third-order valence-electron chi connectivity index (χ3n) is 5.14. The molecule has 2 aliphatic rings. The molecule has 0 amide bonds. The Morgan fingerprint density at radius 2 is 2.15 bits per heavy atom. The van der Waals surface area contributed by atoms with Gasteiger partial charge >= 0.3 is 0 Å². The minimum absolute atomic E-state index is 0. The minimum Gasteiger partial charge on any atom is -0.379 e. The molecule has 6 nitrogen and oxygen atoms in total. The maximum Gasteiger partial charge on any atom is 0.193 e. The van der Waals surface area contributed by atoms with Gasteiger partial charge in [0.25, 0.3) is 0 Å². The Morgan fingerprint density at radius 1 is 1.35 bits per heavy atom. The molecule has 1 aromatic rings. The Labute approximate surface area is 174 Å². The van der Waals surface area contributed by atoms with Crippen LogP contribution in [0.1, 0.15) is 24.5 Å². The van der Waals surface area contributed by atoms with Gasteiger partial charge in [0, 0.05) is 57.7 Å². The van der Waals surface area contributed by atoms with Crippen molar-refractivity contribution in [1.29, 1.82) is 0 Å². The van der Waals surface area contributed by atoms with Gasteiger partial charge in [-0.05, 0) is 43.9 Å². The molecule has 1 aromatic heterocycles. The predicted molar refractivity (Wildman–Crippen MR) is 116 cm³/mol. The lowest BCUT2D eigenvalue weighted by atomic mass is 10.1. The first-order valence-electron chi connectivity index (χ1n) is 9.52. The highest BCUT2D eigenvalue weighted by molar-refractivity contribution is 14.0. The maximum atomic E-state index is 5.48. The van der Waals surface area contributed by atoms with E-state index in [4.69, 9.17) is 9.73 Å². The van der Waals surface area contributed by atoms with Crippen molar-refractivity contribution in [2.75, 3.05) is 52.5 Å². The minimum atomic E-state index is 0. The molecule has 0 aliphatic carbocycles. The highest BCUT2D eigenvalue weighted by atomic mass is 127. The zero-order valence-electron chi connectivity index (χ0n) is 16.0. The van der Waals surface area contributed by atoms with Crippen molar-refractivity contribution in [3.05, 3.63) is 29.6 Å². The Hall–Kier alpha value is -0.930. The van der Waals surface area contributed by atoms with Crippen LogP contribution in [0.25, 0.3) is 0 Å². The molecular formula is C19H32IN5O. The van der Waals surface area contributed by atoms with Crippen LogP contribution in [0.2, 0.25) is 0 Å². The first-order valence-corrected chi connectivity index (χ1v) is 9.52. The van der Waals surface area contributed by atoms with E-state index in [0.717, 1.165) is 64.9 Å². The first-order chi connectivity index (χ1) is 12.3. The lowest BCUT2D eigenvalue weighted by Crippen LogP contribution is -2.46. The van der Waals surface area contributed by atoms with Crippen molar-refractivity contribution >= 4 is 29.9 Å². The number of guanidine groups is 1. The van der Waals surface area contributed by atoms with E-state index in [0.29, 0.717) is 6.04 Å². The van der Waals surface area contributed by atoms with Gasteiger partial charge in [0.1, 0.15) is 0 Å². The summed E-state index contributed by atoms with van der Waals surface area (Å²) >= 11 is 0. The van der Waals surface area contributed by atoms with Gasteiger partial charge in [0.2, 0.25) is 0 Å². The number of rotatable bonds is 5. The standard InChI is InChI=1S/C19H31N5O.HI/c1-3-21-19(22-8-5-17-4-7-20-14-16(17)2)24-9-6-18(15-24)23-10-12-25-13-11-23;/h4,7,14,18H,3,5-6,8-13,15H2,1-2H3,(H,21,22);1H. The van der Waals surface area contributed by atoms with Crippen LogP contribution in [0, 0.1) is 6.92 Å². The van der Waals surface area contributed by atoms with Crippen LogP contribution in [0.3, 0.4) is 0 Å². The van der Waals surface area contributed by atoms with Gasteiger partial charge in [0.15, 0.2) is 5.96 Å². The van der Waals surface area contributed by atoms with Gasteiger partial charge in [0.05, 0.1) is 13.2 Å². The molecule has 146 valence electrons. The van der Waals surface area contributed by atoms with Crippen molar-refractivity contribution in [1.82, 2.24) is 20.1 Å². The second kappa shape index (κ2) is 11.0. The Bertz CT molecular complexity index is 577. The number of aliphatic imine (C=N–C) groups is 1. The van der Waals surface area contributed by atoms with Gasteiger partial charge in [-0.25, -0.2) is 0 Å². The Morgan fingerprint density at radius 3 is 2.88 bits per heavy atom. The van der Waals surface area contributed by atoms with Gasteiger partial charge in [-0.15, -0.1) is 24.0 Å². The van der Waals surface area contributed by atoms with Crippen LogP contribution in [-0.2, 0) is 11.2 Å². The lowest BCUT2D eigenvalue weighted by molar-refractivity contribution is 0.0195. The van der Waals surface area contributed by atoms with Crippen molar-refractivity contribution in [3.63, 3.8) is 0 Å². The molecule has 0 radical (unpaired) electrons. The highest BCUT2D eigenvalue weighted by Gasteiger charge is 2.30. The quantitative estimate of drug-likeness (QED) is 0.403. The summed E-state index contributed by atoms with van der Waals surface area (Å²) in [4.78, 5) is 14.0. The summed E-state index contributed by atoms with van der Waals surface area (Å²) in [5.41, 5.74) is 2.58. The summed E-state index contributed by atoms with van der Waals surface area (Å²) < 4.78 is 5.48. The van der Waals surface area contributed by atoms with E-state index < -0.39 is 0 Å². The largest absolute Gasteiger partial charge is 0.379 e. The third kappa shape index (κ3) is 5.79. The van der Waals surface area contributed by atoms with Gasteiger partial charge < -0.3 is 15.0 Å². The van der Waals surface area contributed by atoms with E-state index in [1.54, 1.807) is 0 Å². The number of nitrogens with zero attached hydrogens (tertiary/aromatic N) is 4. The number of hydrogen-bond acceptors (Lipinski definition) is 4. The lowest BCUT2D eigenvalue weighted by Gasteiger charge is -2.32. The molecule has 0 spiro atoms. The number of aromatic nitrogens is 1. The second-order valence-corrected chi connectivity index (χ2v) is 6.82. The van der Waals surface area contributed by atoms with E-state index in [9.17, 15) is 0 Å². The van der Waals surface area contributed by atoms with Crippen molar-refractivity contribution in [2.45, 2.75) is 32.7 Å². The van der Waals surface area contributed by atoms with Crippen LogP contribution >= 0.6 is 24.0 Å². The fraction of sp³-hybridized carbons (Fsp3) is 0.684. The zero-order valence-corrected chi connectivity index (χ0v) is 18.3. The molecule has 2 fully saturated rings. The summed E-state index contributed by atoms with van der Waals surface area (Å²) in [5.74, 6) is 1.06. The second-order valence-electron chi connectivity index (χ2n) is 6.82. The fourth-order valence-corrected chi connectivity index (χ4v) is 3.67. The average Bonchev–Trinajstić information content (AvgIpc) is 3.13. The summed E-state index contributed by atoms with van der Waals surface area (Å²) in [6.45, 7) is 12.0. The first kappa shape index (κ1) is 21.4. The van der Waals surface area contributed by atoms with Gasteiger partial charge in [-0.3, -0.25) is 14.9 Å². The number of halogens is 1. The number of ether oxygens (including phenoxy) is 1. The van der Waals surface area contributed by atoms with Crippen molar-refractivity contribution in [2.24, 2.45) is 4.99 Å². The average molecular weight is 473 g/mol. The van der Waals surface area contributed by atoms with E-state index in [-0.39, 0.29) is 24.0 Å². The van der Waals surface area contributed by atoms with E-state index in [2.05, 4.69) is 40.0 Å². The molecular weight excluding hydrogens is 441 g/mol. The smallest absolute Gasteiger partial charge is 0.193 e. The van der Waals surface area contributed by atoms with E-state index in [1.807, 2.05) is 12.4 Å². The number of aryl methyl sites for hydroxylation is 1. The highest BCUT2D eigenvalue weighted by Crippen LogP contribution is 2.17. The normalized spacial score (nSPS) is 21.5. The predicted octanol–water partition coefficient (Wildman–Crippen LogP) is 1.92. The zero-order chi connectivity index (χ0) is 17.5. The molecule has 1 atom stereocenters. The molecule has 1 N–H and O–H groups in total. The number of hydrogen-bond donors (Lipinski definition) is 1. The van der Waals surface area contributed by atoms with Crippen LogP contribution in [0.4, 0.5) is 0 Å². The fourth-order valence-electron chi connectivity index (χ4n) is 3.67. The molecule has 2 saturated heterocycles.